The molecule has 1 aromatic carbocycles. The molecule has 7 heteroatoms. The number of hydrogen-bond donors (Lipinski definition) is 1. The fraction of sp³-hybridized carbons (Fsp3) is 0. The topological polar surface area (TPSA) is 62.2 Å². The highest BCUT2D eigenvalue weighted by atomic mass is 35.5. The number of azo groups is 1. The van der Waals surface area contributed by atoms with Crippen LogP contribution in [0, 0.1) is 0 Å². The number of phenolic OH excluding ortho intramolecular Hbond substituents is 1. The predicted molar refractivity (Wildman–Crippen MR) is 95.8 cm³/mol. The van der Waals surface area contributed by atoms with Crippen molar-refractivity contribution in [3.8, 4) is 16.3 Å². The Hall–Kier alpha value is -2.70. The van der Waals surface area contributed by atoms with Gasteiger partial charge < -0.3 is 5.11 Å². The average molecular weight is 355 g/mol. The molecule has 0 unspecified atom stereocenters. The molecule has 4 aromatic rings. The summed E-state index contributed by atoms with van der Waals surface area (Å²) in [5, 5.41) is 20.9. The molecule has 118 valence electrons. The minimum atomic E-state index is 0.0228. The molecule has 3 heterocycles. The van der Waals surface area contributed by atoms with Crippen molar-refractivity contribution in [3.63, 3.8) is 0 Å². The summed E-state index contributed by atoms with van der Waals surface area (Å²) < 4.78 is 1.86. The number of thiophene rings is 1. The van der Waals surface area contributed by atoms with Crippen molar-refractivity contribution < 1.29 is 5.11 Å². The maximum atomic E-state index is 9.90. The molecule has 0 bridgehead atoms. The second-order valence-corrected chi connectivity index (χ2v) is 6.41. The standard InChI is InChI=1S/C17H11ClN4OS/c18-11-6-7-13(23)12(10-11)20-21-17-16(14-4-3-9-24-14)19-15-5-1-2-8-22(15)17/h1-10,23H. The number of phenols is 1. The van der Waals surface area contributed by atoms with Crippen LogP contribution in [0.3, 0.4) is 0 Å². The number of hydrogen-bond acceptors (Lipinski definition) is 5. The van der Waals surface area contributed by atoms with Crippen LogP contribution in [0.4, 0.5) is 11.5 Å². The lowest BCUT2D eigenvalue weighted by atomic mass is 10.3. The number of aromatic hydroxyl groups is 1. The molecule has 0 fully saturated rings. The van der Waals surface area contributed by atoms with Crippen LogP contribution in [-0.4, -0.2) is 14.5 Å². The Bertz CT molecular complexity index is 1040. The molecule has 0 aliphatic carbocycles. The maximum absolute atomic E-state index is 9.90. The number of pyridine rings is 1. The van der Waals surface area contributed by atoms with Crippen LogP contribution in [0.15, 0.2) is 70.3 Å². The SMILES string of the molecule is Oc1ccc(Cl)cc1N=Nc1c(-c2cccs2)nc2ccccn12. The Labute approximate surface area is 146 Å². The number of aromatic nitrogens is 2. The van der Waals surface area contributed by atoms with E-state index >= 15 is 0 Å². The molecule has 0 aliphatic rings. The van der Waals surface area contributed by atoms with E-state index in [1.807, 2.05) is 46.3 Å². The zero-order valence-corrected chi connectivity index (χ0v) is 13.9. The highest BCUT2D eigenvalue weighted by Crippen LogP contribution is 2.36. The molecule has 1 N–H and O–H groups in total. The number of rotatable bonds is 3. The first kappa shape index (κ1) is 14.9. The summed E-state index contributed by atoms with van der Waals surface area (Å²) in [5.74, 6) is 0.627. The van der Waals surface area contributed by atoms with Gasteiger partial charge in [-0.2, -0.15) is 0 Å². The van der Waals surface area contributed by atoms with Gasteiger partial charge in [0.15, 0.2) is 5.82 Å². The molecule has 0 saturated heterocycles. The molecule has 24 heavy (non-hydrogen) atoms. The van der Waals surface area contributed by atoms with Gasteiger partial charge in [0, 0.05) is 11.2 Å². The van der Waals surface area contributed by atoms with E-state index in [1.165, 1.54) is 6.07 Å². The molecule has 4 rings (SSSR count). The summed E-state index contributed by atoms with van der Waals surface area (Å²) in [7, 11) is 0. The average Bonchev–Trinajstić information content (AvgIpc) is 3.23. The van der Waals surface area contributed by atoms with Gasteiger partial charge in [0.05, 0.1) is 4.88 Å². The molecule has 0 spiro atoms. The van der Waals surface area contributed by atoms with Gasteiger partial charge in [0.1, 0.15) is 22.8 Å². The van der Waals surface area contributed by atoms with E-state index in [0.717, 1.165) is 16.2 Å². The first-order chi connectivity index (χ1) is 11.7. The summed E-state index contributed by atoms with van der Waals surface area (Å²) in [4.78, 5) is 5.64. The molecular formula is C17H11ClN4OS. The Morgan fingerprint density at radius 1 is 1.08 bits per heavy atom. The number of halogens is 1. The Balaban J connectivity index is 1.87. The number of fused-ring (bicyclic) bond motifs is 1. The summed E-state index contributed by atoms with van der Waals surface area (Å²) in [6, 6.07) is 14.3. The fourth-order valence-electron chi connectivity index (χ4n) is 2.33. The first-order valence-electron chi connectivity index (χ1n) is 7.13. The smallest absolute Gasteiger partial charge is 0.188 e. The van der Waals surface area contributed by atoms with Crippen LogP contribution in [0.2, 0.25) is 5.02 Å². The van der Waals surface area contributed by atoms with E-state index in [9.17, 15) is 5.11 Å². The summed E-state index contributed by atoms with van der Waals surface area (Å²) in [5.41, 5.74) is 1.84. The molecule has 0 amide bonds. The van der Waals surface area contributed by atoms with Crippen molar-refractivity contribution in [2.24, 2.45) is 10.2 Å². The van der Waals surface area contributed by atoms with Crippen molar-refractivity contribution in [1.29, 1.82) is 0 Å². The van der Waals surface area contributed by atoms with Crippen LogP contribution in [-0.2, 0) is 0 Å². The number of nitrogens with zero attached hydrogens (tertiary/aromatic N) is 4. The van der Waals surface area contributed by atoms with Gasteiger partial charge in [-0.05, 0) is 41.8 Å². The first-order valence-corrected chi connectivity index (χ1v) is 8.39. The second kappa shape index (κ2) is 6.07. The largest absolute Gasteiger partial charge is 0.506 e. The van der Waals surface area contributed by atoms with Gasteiger partial charge in [-0.15, -0.1) is 21.6 Å². The molecule has 0 aliphatic heterocycles. The molecule has 0 radical (unpaired) electrons. The van der Waals surface area contributed by atoms with Crippen LogP contribution < -0.4 is 0 Å². The molecule has 3 aromatic heterocycles. The van der Waals surface area contributed by atoms with Gasteiger partial charge in [0.2, 0.25) is 0 Å². The van der Waals surface area contributed by atoms with Crippen molar-refractivity contribution in [1.82, 2.24) is 9.38 Å². The normalized spacial score (nSPS) is 11.5. The Morgan fingerprint density at radius 2 is 2.00 bits per heavy atom. The van der Waals surface area contributed by atoms with E-state index < -0.39 is 0 Å². The van der Waals surface area contributed by atoms with Gasteiger partial charge >= 0.3 is 0 Å². The fourth-order valence-corrected chi connectivity index (χ4v) is 3.21. The highest BCUT2D eigenvalue weighted by Gasteiger charge is 2.14. The Morgan fingerprint density at radius 3 is 2.83 bits per heavy atom. The third-order valence-corrected chi connectivity index (χ3v) is 4.56. The lowest BCUT2D eigenvalue weighted by molar-refractivity contribution is 0.476. The van der Waals surface area contributed by atoms with Gasteiger partial charge in [-0.1, -0.05) is 23.7 Å². The monoisotopic (exact) mass is 354 g/mol. The van der Waals surface area contributed by atoms with E-state index in [0.29, 0.717) is 16.5 Å². The third kappa shape index (κ3) is 2.66. The number of benzene rings is 1. The minimum Gasteiger partial charge on any atom is -0.506 e. The lowest BCUT2D eigenvalue weighted by Crippen LogP contribution is -1.81. The van der Waals surface area contributed by atoms with Crippen molar-refractivity contribution in [3.05, 3.63) is 65.1 Å². The van der Waals surface area contributed by atoms with E-state index in [2.05, 4.69) is 15.2 Å². The quantitative estimate of drug-likeness (QED) is 0.470. The van der Waals surface area contributed by atoms with Crippen LogP contribution >= 0.6 is 22.9 Å². The maximum Gasteiger partial charge on any atom is 0.188 e. The van der Waals surface area contributed by atoms with E-state index in [1.54, 1.807) is 23.5 Å². The second-order valence-electron chi connectivity index (χ2n) is 5.02. The molecule has 0 saturated carbocycles. The zero-order chi connectivity index (χ0) is 16.5. The van der Waals surface area contributed by atoms with Gasteiger partial charge in [-0.25, -0.2) is 4.98 Å². The van der Waals surface area contributed by atoms with Gasteiger partial charge in [-0.3, -0.25) is 4.40 Å². The summed E-state index contributed by atoms with van der Waals surface area (Å²) >= 11 is 7.54. The third-order valence-electron chi connectivity index (χ3n) is 3.45. The van der Waals surface area contributed by atoms with Crippen molar-refractivity contribution in [2.45, 2.75) is 0 Å². The predicted octanol–water partition coefficient (Wildman–Crippen LogP) is 5.84. The van der Waals surface area contributed by atoms with Crippen molar-refractivity contribution in [2.75, 3.05) is 0 Å². The summed E-state index contributed by atoms with van der Waals surface area (Å²) in [6.07, 6.45) is 1.88. The highest BCUT2D eigenvalue weighted by molar-refractivity contribution is 7.13. The molecule has 5 nitrogen and oxygen atoms in total. The van der Waals surface area contributed by atoms with Crippen LogP contribution in [0.5, 0.6) is 5.75 Å². The van der Waals surface area contributed by atoms with Crippen molar-refractivity contribution >= 4 is 40.1 Å². The van der Waals surface area contributed by atoms with Gasteiger partial charge in [0.25, 0.3) is 0 Å². The minimum absolute atomic E-state index is 0.0228. The summed E-state index contributed by atoms with van der Waals surface area (Å²) in [6.45, 7) is 0. The molecule has 0 atom stereocenters. The van der Waals surface area contributed by atoms with Crippen LogP contribution in [0.25, 0.3) is 16.2 Å². The Kier molecular flexibility index (Phi) is 3.76. The van der Waals surface area contributed by atoms with E-state index in [4.69, 9.17) is 11.6 Å². The number of imidazole rings is 1. The van der Waals surface area contributed by atoms with E-state index in [-0.39, 0.29) is 5.75 Å². The van der Waals surface area contributed by atoms with Crippen LogP contribution in [0.1, 0.15) is 0 Å². The zero-order valence-electron chi connectivity index (χ0n) is 12.3. The lowest BCUT2D eigenvalue weighted by Gasteiger charge is -1.99. The molecular weight excluding hydrogens is 344 g/mol.